The predicted molar refractivity (Wildman–Crippen MR) is 87.8 cm³/mol. The zero-order chi connectivity index (χ0) is 18.7. The molecule has 0 spiro atoms. The number of benzene rings is 1. The van der Waals surface area contributed by atoms with Gasteiger partial charge in [-0.2, -0.15) is 13.2 Å². The lowest BCUT2D eigenvalue weighted by atomic mass is 10.2. The second-order valence-corrected chi connectivity index (χ2v) is 5.43. The van der Waals surface area contributed by atoms with Crippen LogP contribution in [-0.2, 0) is 12.7 Å². The fourth-order valence-corrected chi connectivity index (χ4v) is 2.31. The van der Waals surface area contributed by atoms with Crippen molar-refractivity contribution >= 4 is 5.91 Å². The lowest BCUT2D eigenvalue weighted by Crippen LogP contribution is -2.11. The van der Waals surface area contributed by atoms with Gasteiger partial charge >= 0.3 is 6.18 Å². The summed E-state index contributed by atoms with van der Waals surface area (Å²) in [5.41, 5.74) is 4.92. The highest BCUT2D eigenvalue weighted by molar-refractivity contribution is 5.96. The van der Waals surface area contributed by atoms with E-state index in [-0.39, 0.29) is 29.6 Å². The molecule has 5 nitrogen and oxygen atoms in total. The molecule has 0 unspecified atom stereocenters. The molecule has 0 aliphatic heterocycles. The Kier molecular flexibility index (Phi) is 4.77. The van der Waals surface area contributed by atoms with E-state index >= 15 is 0 Å². The maximum absolute atomic E-state index is 12.9. The van der Waals surface area contributed by atoms with Crippen molar-refractivity contribution < 1.29 is 22.7 Å². The van der Waals surface area contributed by atoms with Crippen LogP contribution in [0.25, 0.3) is 0 Å². The highest BCUT2D eigenvalue weighted by Crippen LogP contribution is 2.31. The Balaban J connectivity index is 1.90. The number of hydrogen-bond acceptors (Lipinski definition) is 4. The van der Waals surface area contributed by atoms with Crippen molar-refractivity contribution in [3.63, 3.8) is 0 Å². The minimum Gasteiger partial charge on any atom is -0.439 e. The number of rotatable bonds is 4. The van der Waals surface area contributed by atoms with Gasteiger partial charge in [-0.1, -0.05) is 6.07 Å². The molecule has 0 aliphatic carbocycles. The summed E-state index contributed by atoms with van der Waals surface area (Å²) in [5, 5.41) is 0. The molecule has 1 aromatic carbocycles. The summed E-state index contributed by atoms with van der Waals surface area (Å²) in [7, 11) is 0. The zero-order valence-electron chi connectivity index (χ0n) is 13.4. The highest BCUT2D eigenvalue weighted by Gasteiger charge is 2.33. The minimum atomic E-state index is -4.62. The predicted octanol–water partition coefficient (Wildman–Crippen LogP) is 3.84. The van der Waals surface area contributed by atoms with Crippen molar-refractivity contribution in [2.24, 2.45) is 5.73 Å². The number of carbonyl (C=O) groups excluding carboxylic acids is 1. The Morgan fingerprint density at radius 1 is 1.12 bits per heavy atom. The van der Waals surface area contributed by atoms with Crippen LogP contribution in [0.2, 0.25) is 0 Å². The van der Waals surface area contributed by atoms with E-state index in [0.29, 0.717) is 5.56 Å². The molecule has 134 valence electrons. The van der Waals surface area contributed by atoms with Crippen molar-refractivity contribution in [1.82, 2.24) is 9.55 Å². The van der Waals surface area contributed by atoms with Crippen LogP contribution in [-0.4, -0.2) is 15.5 Å². The Morgan fingerprint density at radius 2 is 1.85 bits per heavy atom. The van der Waals surface area contributed by atoms with Gasteiger partial charge in [-0.15, -0.1) is 0 Å². The van der Waals surface area contributed by atoms with Crippen LogP contribution in [0.5, 0.6) is 11.6 Å². The molecule has 2 N–H and O–H groups in total. The molecule has 2 aromatic heterocycles. The Bertz CT molecular complexity index is 922. The maximum Gasteiger partial charge on any atom is 0.433 e. The number of aromatic nitrogens is 2. The number of nitrogens with two attached hydrogens (primary N) is 1. The van der Waals surface area contributed by atoms with E-state index in [1.54, 1.807) is 36.7 Å². The molecule has 0 amide bonds. The van der Waals surface area contributed by atoms with Crippen LogP contribution in [0.3, 0.4) is 0 Å². The van der Waals surface area contributed by atoms with Crippen molar-refractivity contribution in [3.05, 3.63) is 77.7 Å². The number of pyridine rings is 1. The highest BCUT2D eigenvalue weighted by atomic mass is 19.4. The molecule has 3 rings (SSSR count). The van der Waals surface area contributed by atoms with Gasteiger partial charge in [0.25, 0.3) is 5.91 Å². The van der Waals surface area contributed by atoms with E-state index in [1.165, 1.54) is 22.8 Å². The summed E-state index contributed by atoms with van der Waals surface area (Å²) >= 11 is 0. The molecule has 3 aromatic rings. The molecule has 0 radical (unpaired) electrons. The molecule has 2 heterocycles. The monoisotopic (exact) mass is 361 g/mol. The Hall–Kier alpha value is -3.13. The minimum absolute atomic E-state index is 0.0892. The molecular formula is C18H14F3N3O2. The largest absolute Gasteiger partial charge is 0.439 e. The maximum atomic E-state index is 12.9. The number of nitrogens with zero attached hydrogens (tertiary/aromatic N) is 2. The SMILES string of the molecule is NCc1cc(Oc2cccc(C(=O)n3cccc3)c2)nc(C(F)(F)F)c1. The van der Waals surface area contributed by atoms with Gasteiger partial charge in [-0.05, 0) is 42.0 Å². The molecule has 0 saturated heterocycles. The fraction of sp³-hybridized carbons (Fsp3) is 0.111. The first kappa shape index (κ1) is 17.7. The first-order valence-electron chi connectivity index (χ1n) is 7.60. The van der Waals surface area contributed by atoms with Gasteiger partial charge in [0.2, 0.25) is 5.88 Å². The van der Waals surface area contributed by atoms with Gasteiger partial charge < -0.3 is 10.5 Å². The van der Waals surface area contributed by atoms with Gasteiger partial charge in [0.05, 0.1) is 0 Å². The molecule has 0 fully saturated rings. The standard InChI is InChI=1S/C18H14F3N3O2/c19-18(20,21)15-8-12(11-22)9-16(23-15)26-14-5-3-4-13(10-14)17(25)24-6-1-2-7-24/h1-10H,11,22H2. The third-order valence-electron chi connectivity index (χ3n) is 3.53. The smallest absolute Gasteiger partial charge is 0.433 e. The van der Waals surface area contributed by atoms with E-state index in [9.17, 15) is 18.0 Å². The second-order valence-electron chi connectivity index (χ2n) is 5.43. The zero-order valence-corrected chi connectivity index (χ0v) is 13.4. The molecular weight excluding hydrogens is 347 g/mol. The van der Waals surface area contributed by atoms with Crippen LogP contribution < -0.4 is 10.5 Å². The van der Waals surface area contributed by atoms with Crippen molar-refractivity contribution in [2.75, 3.05) is 0 Å². The lowest BCUT2D eigenvalue weighted by Gasteiger charge is -2.12. The van der Waals surface area contributed by atoms with Gasteiger partial charge in [-0.25, -0.2) is 4.98 Å². The summed E-state index contributed by atoms with van der Waals surface area (Å²) in [5.74, 6) is -0.344. The van der Waals surface area contributed by atoms with Crippen LogP contribution in [0.15, 0.2) is 60.9 Å². The number of alkyl halides is 3. The topological polar surface area (TPSA) is 70.1 Å². The molecule has 0 aliphatic rings. The van der Waals surface area contributed by atoms with E-state index in [4.69, 9.17) is 10.5 Å². The number of carbonyl (C=O) groups is 1. The molecule has 0 saturated carbocycles. The van der Waals surface area contributed by atoms with Crippen molar-refractivity contribution in [1.29, 1.82) is 0 Å². The molecule has 0 atom stereocenters. The lowest BCUT2D eigenvalue weighted by molar-refractivity contribution is -0.141. The van der Waals surface area contributed by atoms with Crippen molar-refractivity contribution in [2.45, 2.75) is 12.7 Å². The van der Waals surface area contributed by atoms with Crippen LogP contribution in [0.4, 0.5) is 13.2 Å². The second kappa shape index (κ2) is 7.01. The van der Waals surface area contributed by atoms with Gasteiger partial charge in [0, 0.05) is 30.6 Å². The van der Waals surface area contributed by atoms with E-state index in [0.717, 1.165) is 6.07 Å². The third-order valence-corrected chi connectivity index (χ3v) is 3.53. The van der Waals surface area contributed by atoms with Crippen LogP contribution >= 0.6 is 0 Å². The van der Waals surface area contributed by atoms with Gasteiger partial charge in [0.1, 0.15) is 11.4 Å². The number of hydrogen-bond donors (Lipinski definition) is 1. The van der Waals surface area contributed by atoms with Crippen LogP contribution in [0, 0.1) is 0 Å². The summed E-state index contributed by atoms with van der Waals surface area (Å²) in [4.78, 5) is 15.8. The first-order valence-corrected chi connectivity index (χ1v) is 7.60. The fourth-order valence-electron chi connectivity index (χ4n) is 2.31. The van der Waals surface area contributed by atoms with E-state index in [2.05, 4.69) is 4.98 Å². The first-order chi connectivity index (χ1) is 12.4. The average molecular weight is 361 g/mol. The van der Waals surface area contributed by atoms with E-state index < -0.39 is 11.9 Å². The number of ether oxygens (including phenoxy) is 1. The average Bonchev–Trinajstić information content (AvgIpc) is 3.15. The quantitative estimate of drug-likeness (QED) is 0.766. The summed E-state index contributed by atoms with van der Waals surface area (Å²) in [6.45, 7) is -0.0892. The van der Waals surface area contributed by atoms with E-state index in [1.807, 2.05) is 0 Å². The third kappa shape index (κ3) is 3.92. The molecule has 0 bridgehead atoms. The summed E-state index contributed by atoms with van der Waals surface area (Å²) in [6, 6.07) is 11.7. The van der Waals surface area contributed by atoms with Gasteiger partial charge in [-0.3, -0.25) is 9.36 Å². The van der Waals surface area contributed by atoms with Crippen LogP contribution in [0.1, 0.15) is 21.6 Å². The Labute approximate surface area is 146 Å². The van der Waals surface area contributed by atoms with Gasteiger partial charge in [0.15, 0.2) is 0 Å². The molecule has 26 heavy (non-hydrogen) atoms. The normalized spacial score (nSPS) is 11.4. The Morgan fingerprint density at radius 3 is 2.50 bits per heavy atom. The van der Waals surface area contributed by atoms with Crippen molar-refractivity contribution in [3.8, 4) is 11.6 Å². The molecule has 8 heteroatoms. The number of halogens is 3. The summed E-state index contributed by atoms with van der Waals surface area (Å²) in [6.07, 6.45) is -1.43. The summed E-state index contributed by atoms with van der Waals surface area (Å²) < 4.78 is 45.7.